The van der Waals surface area contributed by atoms with Gasteiger partial charge in [0.2, 0.25) is 0 Å². The van der Waals surface area contributed by atoms with E-state index in [1.165, 1.54) is 18.2 Å². The molecule has 2 aromatic rings. The minimum atomic E-state index is -1.15. The second-order valence-electron chi connectivity index (χ2n) is 7.34. The Hall–Kier alpha value is -2.22. The van der Waals surface area contributed by atoms with Crippen LogP contribution in [0.25, 0.3) is 17.2 Å². The van der Waals surface area contributed by atoms with Crippen molar-refractivity contribution < 1.29 is 29.2 Å². The molecule has 5 nitrogen and oxygen atoms in total. The molecule has 2 atom stereocenters. The maximum absolute atomic E-state index is 13.5. The summed E-state index contributed by atoms with van der Waals surface area (Å²) >= 11 is 3.55. The van der Waals surface area contributed by atoms with Gasteiger partial charge in [0.1, 0.15) is 11.6 Å². The number of carboxylic acids is 1. The molecule has 2 unspecified atom stereocenters. The fraction of sp³-hybridized carbons (Fsp3) is 0.348. The standard InChI is InChI=1S/C23H26BrFO5/c1-13(2)19-12-20(24)23(30-3)22(14-4-6-15(25)7-5-14)18(19)9-8-16(26)10-17(27)11-21(28)29/h4-9,12-13,16-17,26-27H,10-11H2,1-3H3,(H,28,29). The van der Waals surface area contributed by atoms with Crippen LogP contribution >= 0.6 is 15.9 Å². The van der Waals surface area contributed by atoms with Crippen molar-refractivity contribution in [1.29, 1.82) is 0 Å². The molecule has 0 aromatic heterocycles. The zero-order valence-electron chi connectivity index (χ0n) is 17.1. The zero-order valence-corrected chi connectivity index (χ0v) is 18.7. The zero-order chi connectivity index (χ0) is 22.4. The van der Waals surface area contributed by atoms with Crippen LogP contribution in [0, 0.1) is 5.82 Å². The van der Waals surface area contributed by atoms with Gasteiger partial charge in [-0.25, -0.2) is 4.39 Å². The highest BCUT2D eigenvalue weighted by Gasteiger charge is 2.20. The van der Waals surface area contributed by atoms with Crippen molar-refractivity contribution in [3.8, 4) is 16.9 Å². The smallest absolute Gasteiger partial charge is 0.305 e. The molecule has 0 saturated carbocycles. The van der Waals surface area contributed by atoms with Gasteiger partial charge in [0.25, 0.3) is 0 Å². The lowest BCUT2D eigenvalue weighted by molar-refractivity contribution is -0.139. The van der Waals surface area contributed by atoms with Gasteiger partial charge in [0, 0.05) is 12.0 Å². The number of aliphatic hydroxyl groups is 2. The molecule has 162 valence electrons. The normalized spacial score (nSPS) is 13.6. The predicted octanol–water partition coefficient (Wildman–Crippen LogP) is 4.99. The van der Waals surface area contributed by atoms with E-state index in [2.05, 4.69) is 15.9 Å². The number of hydrogen-bond donors (Lipinski definition) is 3. The molecule has 0 saturated heterocycles. The molecule has 0 fully saturated rings. The summed E-state index contributed by atoms with van der Waals surface area (Å²) in [5.41, 5.74) is 3.27. The number of carboxylic acid groups (broad SMARTS) is 1. The summed E-state index contributed by atoms with van der Waals surface area (Å²) in [6, 6.07) is 8.01. The average molecular weight is 481 g/mol. The van der Waals surface area contributed by atoms with Crippen molar-refractivity contribution in [2.45, 2.75) is 44.8 Å². The number of aliphatic carboxylic acids is 1. The Morgan fingerprint density at radius 3 is 2.40 bits per heavy atom. The van der Waals surface area contributed by atoms with Crippen molar-refractivity contribution >= 4 is 28.0 Å². The molecule has 0 bridgehead atoms. The second-order valence-corrected chi connectivity index (χ2v) is 8.20. The third kappa shape index (κ3) is 6.14. The molecule has 3 N–H and O–H groups in total. The van der Waals surface area contributed by atoms with Gasteiger partial charge in [0.05, 0.1) is 30.2 Å². The van der Waals surface area contributed by atoms with Crippen LogP contribution in [0.4, 0.5) is 4.39 Å². The third-order valence-corrected chi connectivity index (χ3v) is 5.26. The second kappa shape index (κ2) is 10.7. The number of halogens is 2. The highest BCUT2D eigenvalue weighted by molar-refractivity contribution is 9.10. The molecule has 0 aliphatic heterocycles. The fourth-order valence-electron chi connectivity index (χ4n) is 3.28. The Morgan fingerprint density at radius 1 is 1.23 bits per heavy atom. The van der Waals surface area contributed by atoms with Crippen LogP contribution in [-0.4, -0.2) is 40.6 Å². The van der Waals surface area contributed by atoms with E-state index in [-0.39, 0.29) is 18.2 Å². The Bertz CT molecular complexity index is 909. The van der Waals surface area contributed by atoms with E-state index in [9.17, 15) is 19.4 Å². The maximum Gasteiger partial charge on any atom is 0.305 e. The largest absolute Gasteiger partial charge is 0.495 e. The Labute approximate surface area is 184 Å². The van der Waals surface area contributed by atoms with Gasteiger partial charge in [-0.1, -0.05) is 38.1 Å². The number of carbonyl (C=O) groups is 1. The van der Waals surface area contributed by atoms with Gasteiger partial charge >= 0.3 is 5.97 Å². The van der Waals surface area contributed by atoms with Crippen molar-refractivity contribution in [2.75, 3.05) is 7.11 Å². The van der Waals surface area contributed by atoms with Crippen LogP contribution < -0.4 is 4.74 Å². The lowest BCUT2D eigenvalue weighted by atomic mass is 9.88. The van der Waals surface area contributed by atoms with E-state index >= 15 is 0 Å². The summed E-state index contributed by atoms with van der Waals surface area (Å²) in [6.45, 7) is 4.07. The predicted molar refractivity (Wildman–Crippen MR) is 118 cm³/mol. The van der Waals surface area contributed by atoms with Gasteiger partial charge in [-0.05, 0) is 56.7 Å². The highest BCUT2D eigenvalue weighted by Crippen LogP contribution is 2.43. The van der Waals surface area contributed by atoms with Gasteiger partial charge in [-0.15, -0.1) is 0 Å². The number of methoxy groups -OCH3 is 1. The molecule has 2 rings (SSSR count). The molecule has 30 heavy (non-hydrogen) atoms. The Kier molecular flexibility index (Phi) is 8.58. The number of ether oxygens (including phenoxy) is 1. The van der Waals surface area contributed by atoms with E-state index in [1.54, 1.807) is 25.3 Å². The van der Waals surface area contributed by atoms with Crippen LogP contribution in [0.3, 0.4) is 0 Å². The first kappa shape index (κ1) is 24.1. The van der Waals surface area contributed by atoms with E-state index in [1.807, 2.05) is 19.9 Å². The quantitative estimate of drug-likeness (QED) is 0.470. The molecule has 0 heterocycles. The minimum Gasteiger partial charge on any atom is -0.495 e. The van der Waals surface area contributed by atoms with Crippen molar-refractivity contribution in [3.05, 3.63) is 57.8 Å². The highest BCUT2D eigenvalue weighted by atomic mass is 79.9. The molecule has 0 spiro atoms. The number of hydrogen-bond acceptors (Lipinski definition) is 4. The van der Waals surface area contributed by atoms with Crippen LogP contribution in [0.2, 0.25) is 0 Å². The minimum absolute atomic E-state index is 0.0979. The summed E-state index contributed by atoms with van der Waals surface area (Å²) < 4.78 is 19.8. The summed E-state index contributed by atoms with van der Waals surface area (Å²) in [4.78, 5) is 10.7. The lowest BCUT2D eigenvalue weighted by Gasteiger charge is -2.20. The van der Waals surface area contributed by atoms with Crippen LogP contribution in [-0.2, 0) is 4.79 Å². The first-order chi connectivity index (χ1) is 14.1. The van der Waals surface area contributed by atoms with Gasteiger partial charge in [-0.3, -0.25) is 4.79 Å². The Balaban J connectivity index is 2.55. The van der Waals surface area contributed by atoms with Gasteiger partial charge in [-0.2, -0.15) is 0 Å². The topological polar surface area (TPSA) is 87.0 Å². The number of rotatable bonds is 9. The van der Waals surface area contributed by atoms with Crippen LogP contribution in [0.15, 0.2) is 40.9 Å². The van der Waals surface area contributed by atoms with Crippen molar-refractivity contribution in [1.82, 2.24) is 0 Å². The van der Waals surface area contributed by atoms with Crippen LogP contribution in [0.5, 0.6) is 5.75 Å². The Morgan fingerprint density at radius 2 is 1.87 bits per heavy atom. The number of aliphatic hydroxyl groups excluding tert-OH is 2. The van der Waals surface area contributed by atoms with Gasteiger partial charge < -0.3 is 20.1 Å². The van der Waals surface area contributed by atoms with E-state index in [0.29, 0.717) is 5.75 Å². The molecule has 0 aliphatic carbocycles. The molecule has 0 aliphatic rings. The molecular formula is C23H26BrFO5. The van der Waals surface area contributed by atoms with Gasteiger partial charge in [0.15, 0.2) is 0 Å². The molecule has 0 amide bonds. The molecule has 7 heteroatoms. The van der Waals surface area contributed by atoms with Crippen molar-refractivity contribution in [3.63, 3.8) is 0 Å². The monoisotopic (exact) mass is 480 g/mol. The first-order valence-electron chi connectivity index (χ1n) is 9.56. The first-order valence-corrected chi connectivity index (χ1v) is 10.4. The molecule has 2 aromatic carbocycles. The maximum atomic E-state index is 13.5. The summed E-state index contributed by atoms with van der Waals surface area (Å²) in [5.74, 6) is -0.763. The lowest BCUT2D eigenvalue weighted by Crippen LogP contribution is -2.19. The van der Waals surface area contributed by atoms with E-state index in [0.717, 1.165) is 26.7 Å². The van der Waals surface area contributed by atoms with Crippen LogP contribution in [0.1, 0.15) is 43.7 Å². The molecular weight excluding hydrogens is 455 g/mol. The molecule has 0 radical (unpaired) electrons. The average Bonchev–Trinajstić information content (AvgIpc) is 2.66. The van der Waals surface area contributed by atoms with E-state index in [4.69, 9.17) is 9.84 Å². The summed E-state index contributed by atoms with van der Waals surface area (Å²) in [6.07, 6.45) is 0.542. The van der Waals surface area contributed by atoms with Crippen molar-refractivity contribution in [2.24, 2.45) is 0 Å². The van der Waals surface area contributed by atoms with E-state index < -0.39 is 24.6 Å². The summed E-state index contributed by atoms with van der Waals surface area (Å²) in [7, 11) is 1.55. The summed E-state index contributed by atoms with van der Waals surface area (Å²) in [5, 5.41) is 28.8. The SMILES string of the molecule is COc1c(Br)cc(C(C)C)c(C=CC(O)CC(O)CC(=O)O)c1-c1ccc(F)cc1. The third-order valence-electron chi connectivity index (χ3n) is 4.67. The number of benzene rings is 2. The fourth-order valence-corrected chi connectivity index (χ4v) is 3.88.